The Morgan fingerprint density at radius 2 is 2.24 bits per heavy atom. The molecule has 3 aliphatic rings. The van der Waals surface area contributed by atoms with E-state index < -0.39 is 6.04 Å². The van der Waals surface area contributed by atoms with Gasteiger partial charge in [0, 0.05) is 49.4 Å². The van der Waals surface area contributed by atoms with Crippen LogP contribution in [0, 0.1) is 0 Å². The molecular weight excluding hydrogens is 436 g/mol. The molecule has 4 atom stereocenters. The van der Waals surface area contributed by atoms with Crippen molar-refractivity contribution >= 4 is 17.8 Å². The number of aromatic amines is 1. The molecule has 0 bridgehead atoms. The molecule has 34 heavy (non-hydrogen) atoms. The molecule has 0 aromatic carbocycles. The van der Waals surface area contributed by atoms with Gasteiger partial charge in [0.2, 0.25) is 5.91 Å². The molecule has 3 N–H and O–H groups in total. The molecule has 1 saturated carbocycles. The Morgan fingerprint density at radius 3 is 3.00 bits per heavy atom. The molecule has 0 spiro atoms. The van der Waals surface area contributed by atoms with E-state index in [0.717, 1.165) is 31.5 Å². The minimum Gasteiger partial charge on any atom is -0.444 e. The van der Waals surface area contributed by atoms with Crippen LogP contribution >= 0.6 is 0 Å². The predicted octanol–water partition coefficient (Wildman–Crippen LogP) is 2.73. The number of anilines is 1. The summed E-state index contributed by atoms with van der Waals surface area (Å²) in [5.41, 5.74) is 1.86. The fourth-order valence-corrected chi connectivity index (χ4v) is 4.62. The average Bonchev–Trinajstić information content (AvgIpc) is 3.28. The largest absolute Gasteiger partial charge is 0.444 e. The lowest BCUT2D eigenvalue weighted by Crippen LogP contribution is -2.40. The summed E-state index contributed by atoms with van der Waals surface area (Å²) in [6.07, 6.45) is 6.20. The summed E-state index contributed by atoms with van der Waals surface area (Å²) >= 11 is 0. The molecule has 10 nitrogen and oxygen atoms in total. The van der Waals surface area contributed by atoms with Crippen LogP contribution in [0.1, 0.15) is 62.8 Å². The van der Waals surface area contributed by atoms with Crippen LogP contribution in [0.25, 0.3) is 0 Å². The molecule has 2 saturated heterocycles. The molecule has 10 heteroatoms. The number of hydrogen-bond acceptors (Lipinski definition) is 7. The highest BCUT2D eigenvalue weighted by Gasteiger charge is 2.40. The Kier molecular flexibility index (Phi) is 6.16. The molecule has 0 radical (unpaired) electrons. The minimum atomic E-state index is -0.406. The standard InChI is InChI=1S/C24H32N6O4/c1-15(22(31)30-9-5-17(13-30)16-4-3-8-25-12-16)26-21-11-19(28-29-21)20-10-18(14-33-20)34-23(32)27-24(2)6-7-24/h3-4,8,11-12,15,17-18,20H,5-7,9-10,13-14H2,1-2H3,(H,27,32)(H2,26,28,29)/t15-,17-,18-,20-/m0/s1. The molecule has 0 unspecified atom stereocenters. The van der Waals surface area contributed by atoms with Gasteiger partial charge < -0.3 is 25.0 Å². The topological polar surface area (TPSA) is 121 Å². The number of amides is 2. The van der Waals surface area contributed by atoms with Gasteiger partial charge in [0.15, 0.2) is 0 Å². The zero-order valence-electron chi connectivity index (χ0n) is 19.6. The van der Waals surface area contributed by atoms with Crippen LogP contribution in [-0.2, 0) is 14.3 Å². The number of carbonyl (C=O) groups is 2. The molecule has 2 amide bonds. The number of rotatable bonds is 7. The lowest BCUT2D eigenvalue weighted by molar-refractivity contribution is -0.130. The first-order valence-electron chi connectivity index (χ1n) is 12.0. The van der Waals surface area contributed by atoms with E-state index in [9.17, 15) is 9.59 Å². The molecule has 1 aliphatic carbocycles. The summed E-state index contributed by atoms with van der Waals surface area (Å²) in [6, 6.07) is 5.45. The van der Waals surface area contributed by atoms with Gasteiger partial charge in [-0.2, -0.15) is 5.10 Å². The van der Waals surface area contributed by atoms with Gasteiger partial charge in [-0.25, -0.2) is 4.79 Å². The third-order valence-electron chi connectivity index (χ3n) is 6.97. The molecule has 2 aliphatic heterocycles. The summed E-state index contributed by atoms with van der Waals surface area (Å²) in [6.45, 7) is 5.64. The van der Waals surface area contributed by atoms with E-state index in [4.69, 9.17) is 9.47 Å². The Bertz CT molecular complexity index is 1020. The van der Waals surface area contributed by atoms with E-state index in [1.165, 1.54) is 5.56 Å². The first kappa shape index (κ1) is 22.6. The number of nitrogens with one attached hydrogen (secondary N) is 3. The van der Waals surface area contributed by atoms with E-state index in [1.54, 1.807) is 6.20 Å². The van der Waals surface area contributed by atoms with Gasteiger partial charge in [-0.15, -0.1) is 0 Å². The summed E-state index contributed by atoms with van der Waals surface area (Å²) in [4.78, 5) is 31.1. The lowest BCUT2D eigenvalue weighted by Gasteiger charge is -2.21. The third-order valence-corrected chi connectivity index (χ3v) is 6.97. The highest BCUT2D eigenvalue weighted by molar-refractivity contribution is 5.84. The second-order valence-corrected chi connectivity index (χ2v) is 9.90. The van der Waals surface area contributed by atoms with Gasteiger partial charge in [-0.1, -0.05) is 6.07 Å². The second kappa shape index (κ2) is 9.25. The SMILES string of the molecule is C[C@H](Nc1cc([C@@H]2C[C@H](OC(=O)NC3(C)CC3)CO2)[nH]n1)C(=O)N1CC[C@H](c2cccnc2)C1. The van der Waals surface area contributed by atoms with Crippen molar-refractivity contribution in [3.8, 4) is 0 Å². The number of alkyl carbamates (subject to hydrolysis) is 1. The van der Waals surface area contributed by atoms with Crippen LogP contribution in [0.2, 0.25) is 0 Å². The quantitative estimate of drug-likeness (QED) is 0.571. The molecule has 2 aromatic rings. The molecule has 4 heterocycles. The normalized spacial score (nSPS) is 26.2. The Labute approximate surface area is 198 Å². The van der Waals surface area contributed by atoms with Crippen LogP contribution in [0.5, 0.6) is 0 Å². The van der Waals surface area contributed by atoms with Crippen molar-refractivity contribution in [3.05, 3.63) is 41.9 Å². The fourth-order valence-electron chi connectivity index (χ4n) is 4.62. The van der Waals surface area contributed by atoms with E-state index in [-0.39, 0.29) is 29.7 Å². The molecular formula is C24H32N6O4. The van der Waals surface area contributed by atoms with Crippen molar-refractivity contribution in [1.29, 1.82) is 0 Å². The van der Waals surface area contributed by atoms with Crippen molar-refractivity contribution in [2.24, 2.45) is 0 Å². The highest BCUT2D eigenvalue weighted by Crippen LogP contribution is 2.35. The van der Waals surface area contributed by atoms with E-state index in [1.807, 2.05) is 37.1 Å². The van der Waals surface area contributed by atoms with Crippen molar-refractivity contribution in [2.45, 2.75) is 69.2 Å². The van der Waals surface area contributed by atoms with Gasteiger partial charge in [-0.05, 0) is 44.7 Å². The zero-order valence-corrected chi connectivity index (χ0v) is 19.6. The maximum Gasteiger partial charge on any atom is 0.407 e. The summed E-state index contributed by atoms with van der Waals surface area (Å²) in [5, 5.41) is 13.4. The minimum absolute atomic E-state index is 0.0527. The fraction of sp³-hybridized carbons (Fsp3) is 0.583. The zero-order chi connectivity index (χ0) is 23.7. The maximum atomic E-state index is 13.0. The lowest BCUT2D eigenvalue weighted by atomic mass is 10.0. The molecule has 182 valence electrons. The van der Waals surface area contributed by atoms with Gasteiger partial charge in [0.1, 0.15) is 24.1 Å². The van der Waals surface area contributed by atoms with Crippen molar-refractivity contribution < 1.29 is 19.1 Å². The second-order valence-electron chi connectivity index (χ2n) is 9.90. The van der Waals surface area contributed by atoms with Gasteiger partial charge in [-0.3, -0.25) is 14.9 Å². The third kappa shape index (κ3) is 5.16. The molecule has 2 aromatic heterocycles. The maximum absolute atomic E-state index is 13.0. The summed E-state index contributed by atoms with van der Waals surface area (Å²) < 4.78 is 11.3. The summed E-state index contributed by atoms with van der Waals surface area (Å²) in [7, 11) is 0. The van der Waals surface area contributed by atoms with Crippen LogP contribution in [0.4, 0.5) is 10.6 Å². The van der Waals surface area contributed by atoms with E-state index in [0.29, 0.717) is 31.3 Å². The Hall–Kier alpha value is -3.14. The molecule has 5 rings (SSSR count). The molecule has 3 fully saturated rings. The van der Waals surface area contributed by atoms with Gasteiger partial charge in [0.05, 0.1) is 12.3 Å². The van der Waals surface area contributed by atoms with Crippen molar-refractivity contribution in [1.82, 2.24) is 25.4 Å². The van der Waals surface area contributed by atoms with Crippen LogP contribution < -0.4 is 10.6 Å². The number of carbonyl (C=O) groups excluding carboxylic acids is 2. The van der Waals surface area contributed by atoms with E-state index in [2.05, 4.69) is 31.9 Å². The Morgan fingerprint density at radius 1 is 1.38 bits per heavy atom. The predicted molar refractivity (Wildman–Crippen MR) is 124 cm³/mol. The summed E-state index contributed by atoms with van der Waals surface area (Å²) in [5.74, 6) is 0.967. The van der Waals surface area contributed by atoms with Crippen molar-refractivity contribution in [3.63, 3.8) is 0 Å². The first-order valence-corrected chi connectivity index (χ1v) is 12.0. The smallest absolute Gasteiger partial charge is 0.407 e. The first-order chi connectivity index (χ1) is 16.4. The highest BCUT2D eigenvalue weighted by atomic mass is 16.6. The van der Waals surface area contributed by atoms with Crippen molar-refractivity contribution in [2.75, 3.05) is 25.0 Å². The number of nitrogens with zero attached hydrogens (tertiary/aromatic N) is 3. The van der Waals surface area contributed by atoms with Crippen LogP contribution in [0.3, 0.4) is 0 Å². The van der Waals surface area contributed by atoms with Crippen LogP contribution in [0.15, 0.2) is 30.6 Å². The Balaban J connectivity index is 1.10. The van der Waals surface area contributed by atoms with E-state index >= 15 is 0 Å². The number of aromatic nitrogens is 3. The number of hydrogen-bond donors (Lipinski definition) is 3. The average molecular weight is 469 g/mol. The van der Waals surface area contributed by atoms with Gasteiger partial charge >= 0.3 is 6.09 Å². The van der Waals surface area contributed by atoms with Gasteiger partial charge in [0.25, 0.3) is 0 Å². The monoisotopic (exact) mass is 468 g/mol. The number of likely N-dealkylation sites (tertiary alicyclic amines) is 1. The van der Waals surface area contributed by atoms with Crippen LogP contribution in [-0.4, -0.2) is 69.5 Å². The number of H-pyrrole nitrogens is 1. The number of pyridine rings is 1. The number of ether oxygens (including phenoxy) is 2.